The van der Waals surface area contributed by atoms with Crippen LogP contribution in [0.1, 0.15) is 13.3 Å². The molecule has 0 radical (unpaired) electrons. The molecule has 4 heteroatoms. The van der Waals surface area contributed by atoms with E-state index in [4.69, 9.17) is 0 Å². The lowest BCUT2D eigenvalue weighted by Crippen LogP contribution is -2.66. The molecule has 3 atom stereocenters. The second kappa shape index (κ2) is 3.51. The maximum atomic E-state index is 11.9. The summed E-state index contributed by atoms with van der Waals surface area (Å²) in [5, 5.41) is 3.27. The number of likely N-dealkylation sites (N-methyl/N-ethyl adjacent to an activating group) is 2. The molecule has 0 aromatic rings. The van der Waals surface area contributed by atoms with E-state index in [1.165, 1.54) is 0 Å². The molecule has 2 saturated heterocycles. The lowest BCUT2D eigenvalue weighted by atomic mass is 9.94. The highest BCUT2D eigenvalue weighted by Crippen LogP contribution is 2.23. The van der Waals surface area contributed by atoms with E-state index in [0.717, 1.165) is 19.5 Å². The van der Waals surface area contributed by atoms with E-state index in [1.54, 1.807) is 0 Å². The average molecular weight is 197 g/mol. The van der Waals surface area contributed by atoms with Crippen molar-refractivity contribution in [2.24, 2.45) is 0 Å². The summed E-state index contributed by atoms with van der Waals surface area (Å²) in [6.45, 7) is 3.79. The minimum atomic E-state index is 0.0616. The van der Waals surface area contributed by atoms with Crippen LogP contribution in [0.15, 0.2) is 0 Å². The first-order chi connectivity index (χ1) is 6.63. The molecule has 4 nitrogen and oxygen atoms in total. The molecule has 2 rings (SSSR count). The van der Waals surface area contributed by atoms with Crippen molar-refractivity contribution in [2.45, 2.75) is 31.5 Å². The molecule has 0 aromatic carbocycles. The number of hydrogen-bond donors (Lipinski definition) is 1. The van der Waals surface area contributed by atoms with E-state index in [0.29, 0.717) is 12.1 Å². The molecule has 2 bridgehead atoms. The third-order valence-corrected chi connectivity index (χ3v) is 3.69. The smallest absolute Gasteiger partial charge is 0.239 e. The third kappa shape index (κ3) is 1.42. The van der Waals surface area contributed by atoms with Gasteiger partial charge in [-0.2, -0.15) is 0 Å². The molecular weight excluding hydrogens is 178 g/mol. The van der Waals surface area contributed by atoms with Crippen molar-refractivity contribution in [3.05, 3.63) is 0 Å². The fourth-order valence-corrected chi connectivity index (χ4v) is 2.51. The zero-order valence-corrected chi connectivity index (χ0v) is 9.16. The topological polar surface area (TPSA) is 35.6 Å². The number of rotatable bonds is 1. The summed E-state index contributed by atoms with van der Waals surface area (Å²) in [7, 11) is 4.03. The predicted octanol–water partition coefficient (Wildman–Crippen LogP) is -0.491. The monoisotopic (exact) mass is 197 g/mol. The van der Waals surface area contributed by atoms with E-state index in [-0.39, 0.29) is 11.9 Å². The van der Waals surface area contributed by atoms with Gasteiger partial charge in [0.05, 0.1) is 6.04 Å². The van der Waals surface area contributed by atoms with Crippen LogP contribution in [0.4, 0.5) is 0 Å². The van der Waals surface area contributed by atoms with Crippen LogP contribution < -0.4 is 5.32 Å². The second-order valence-corrected chi connectivity index (χ2v) is 4.46. The minimum Gasteiger partial charge on any atom is -0.338 e. The lowest BCUT2D eigenvalue weighted by molar-refractivity contribution is -0.146. The van der Waals surface area contributed by atoms with Gasteiger partial charge in [0.1, 0.15) is 0 Å². The molecule has 1 amide bonds. The number of piperazine rings is 1. The molecule has 0 aliphatic carbocycles. The van der Waals surface area contributed by atoms with Crippen molar-refractivity contribution in [1.29, 1.82) is 0 Å². The Bertz CT molecular complexity index is 242. The van der Waals surface area contributed by atoms with Gasteiger partial charge in [0.15, 0.2) is 0 Å². The fraction of sp³-hybridized carbons (Fsp3) is 0.900. The van der Waals surface area contributed by atoms with Gasteiger partial charge in [-0.25, -0.2) is 0 Å². The number of piperidine rings is 1. The number of carbonyl (C=O) groups is 1. The Morgan fingerprint density at radius 3 is 2.79 bits per heavy atom. The van der Waals surface area contributed by atoms with Crippen LogP contribution in [0.5, 0.6) is 0 Å². The van der Waals surface area contributed by atoms with Gasteiger partial charge >= 0.3 is 0 Å². The Labute approximate surface area is 85.2 Å². The number of hydrogen-bond acceptors (Lipinski definition) is 3. The number of amides is 1. The summed E-state index contributed by atoms with van der Waals surface area (Å²) in [5.41, 5.74) is 0. The third-order valence-electron chi connectivity index (χ3n) is 3.69. The van der Waals surface area contributed by atoms with Crippen molar-refractivity contribution in [3.8, 4) is 0 Å². The van der Waals surface area contributed by atoms with Gasteiger partial charge in [-0.1, -0.05) is 0 Å². The summed E-state index contributed by atoms with van der Waals surface area (Å²) < 4.78 is 0. The first-order valence-corrected chi connectivity index (χ1v) is 5.31. The van der Waals surface area contributed by atoms with E-state index in [9.17, 15) is 4.79 Å². The maximum absolute atomic E-state index is 11.9. The molecule has 0 saturated carbocycles. The van der Waals surface area contributed by atoms with Crippen LogP contribution in [0.3, 0.4) is 0 Å². The molecule has 2 aliphatic rings. The highest BCUT2D eigenvalue weighted by Gasteiger charge is 2.40. The first kappa shape index (κ1) is 9.93. The summed E-state index contributed by atoms with van der Waals surface area (Å²) in [4.78, 5) is 16.1. The van der Waals surface area contributed by atoms with E-state index >= 15 is 0 Å². The van der Waals surface area contributed by atoms with Crippen LogP contribution in [-0.4, -0.2) is 61.0 Å². The lowest BCUT2D eigenvalue weighted by Gasteiger charge is -2.49. The SMILES string of the molecule is CNC1C[C@@H]2CN(C1)C(=O)C(C)N2C. The van der Waals surface area contributed by atoms with Crippen molar-refractivity contribution in [1.82, 2.24) is 15.1 Å². The molecule has 2 aliphatic heterocycles. The first-order valence-electron chi connectivity index (χ1n) is 5.31. The molecule has 1 N–H and O–H groups in total. The largest absolute Gasteiger partial charge is 0.338 e. The Morgan fingerprint density at radius 2 is 2.14 bits per heavy atom. The Hall–Kier alpha value is -0.610. The highest BCUT2D eigenvalue weighted by atomic mass is 16.2. The van der Waals surface area contributed by atoms with Gasteiger partial charge in [-0.05, 0) is 27.4 Å². The molecule has 0 spiro atoms. The molecular formula is C10H19N3O. The Morgan fingerprint density at radius 1 is 1.43 bits per heavy atom. The number of fused-ring (bicyclic) bond motifs is 2. The van der Waals surface area contributed by atoms with Crippen molar-refractivity contribution < 1.29 is 4.79 Å². The number of nitrogens with zero attached hydrogens (tertiary/aromatic N) is 2. The fourth-order valence-electron chi connectivity index (χ4n) is 2.51. The highest BCUT2D eigenvalue weighted by molar-refractivity contribution is 5.82. The molecule has 2 fully saturated rings. The summed E-state index contributed by atoms with van der Waals surface area (Å²) >= 11 is 0. The zero-order chi connectivity index (χ0) is 10.3. The van der Waals surface area contributed by atoms with Crippen molar-refractivity contribution in [2.75, 3.05) is 27.2 Å². The Kier molecular flexibility index (Phi) is 2.49. The van der Waals surface area contributed by atoms with Gasteiger partial charge in [0, 0.05) is 25.2 Å². The van der Waals surface area contributed by atoms with Crippen LogP contribution >= 0.6 is 0 Å². The minimum absolute atomic E-state index is 0.0616. The van der Waals surface area contributed by atoms with Gasteiger partial charge in [0.2, 0.25) is 5.91 Å². The molecule has 2 unspecified atom stereocenters. The second-order valence-electron chi connectivity index (χ2n) is 4.46. The molecule has 14 heavy (non-hydrogen) atoms. The van der Waals surface area contributed by atoms with Crippen molar-refractivity contribution >= 4 is 5.91 Å². The quantitative estimate of drug-likeness (QED) is 0.616. The van der Waals surface area contributed by atoms with Gasteiger partial charge < -0.3 is 10.2 Å². The van der Waals surface area contributed by atoms with Crippen LogP contribution in [-0.2, 0) is 4.79 Å². The summed E-state index contributed by atoms with van der Waals surface area (Å²) in [5.74, 6) is 0.281. The number of carbonyl (C=O) groups excluding carboxylic acids is 1. The molecule has 0 aromatic heterocycles. The Balaban J connectivity index is 2.15. The van der Waals surface area contributed by atoms with Gasteiger partial charge in [-0.15, -0.1) is 0 Å². The van der Waals surface area contributed by atoms with E-state index < -0.39 is 0 Å². The normalized spacial score (nSPS) is 38.9. The number of nitrogens with one attached hydrogen (secondary N) is 1. The zero-order valence-electron chi connectivity index (χ0n) is 9.16. The van der Waals surface area contributed by atoms with Crippen LogP contribution in [0, 0.1) is 0 Å². The summed E-state index contributed by atoms with van der Waals surface area (Å²) in [6.07, 6.45) is 1.15. The molecule has 2 heterocycles. The van der Waals surface area contributed by atoms with Crippen LogP contribution in [0.25, 0.3) is 0 Å². The van der Waals surface area contributed by atoms with E-state index in [1.807, 2.05) is 18.9 Å². The standard InChI is InChI=1S/C10H19N3O/c1-7-10(14)13-5-8(11-2)4-9(6-13)12(7)3/h7-9,11H,4-6H2,1-3H3/t7?,8?,9-/m1/s1. The van der Waals surface area contributed by atoms with Gasteiger partial charge in [-0.3, -0.25) is 9.69 Å². The molecule has 80 valence electrons. The maximum Gasteiger partial charge on any atom is 0.239 e. The van der Waals surface area contributed by atoms with Crippen LogP contribution in [0.2, 0.25) is 0 Å². The van der Waals surface area contributed by atoms with Crippen molar-refractivity contribution in [3.63, 3.8) is 0 Å². The predicted molar refractivity (Wildman–Crippen MR) is 55.1 cm³/mol. The van der Waals surface area contributed by atoms with Gasteiger partial charge in [0.25, 0.3) is 0 Å². The average Bonchev–Trinajstić information content (AvgIpc) is 2.23. The van der Waals surface area contributed by atoms with E-state index in [2.05, 4.69) is 17.3 Å². The summed E-state index contributed by atoms with van der Waals surface area (Å²) in [6, 6.07) is 1.06.